The SMILES string of the molecule is CN(CCN1CCCC1)C(CN)c1ccsc1. The Hall–Kier alpha value is -0.420. The summed E-state index contributed by atoms with van der Waals surface area (Å²) in [5.74, 6) is 0. The van der Waals surface area contributed by atoms with Gasteiger partial charge in [0.15, 0.2) is 0 Å². The number of hydrogen-bond acceptors (Lipinski definition) is 4. The Morgan fingerprint density at radius 2 is 2.24 bits per heavy atom. The second-order valence-corrected chi connectivity index (χ2v) is 5.62. The molecule has 1 aromatic rings. The van der Waals surface area contributed by atoms with Gasteiger partial charge >= 0.3 is 0 Å². The van der Waals surface area contributed by atoms with Gasteiger partial charge in [0.1, 0.15) is 0 Å². The lowest BCUT2D eigenvalue weighted by atomic mass is 10.1. The fourth-order valence-electron chi connectivity index (χ4n) is 2.50. The molecule has 1 saturated heterocycles. The first-order valence-electron chi connectivity index (χ1n) is 6.46. The van der Waals surface area contributed by atoms with Crippen molar-refractivity contribution in [3.05, 3.63) is 22.4 Å². The largest absolute Gasteiger partial charge is 0.329 e. The minimum Gasteiger partial charge on any atom is -0.329 e. The first kappa shape index (κ1) is 13.0. The minimum atomic E-state index is 0.379. The average Bonchev–Trinajstić information content (AvgIpc) is 3.00. The van der Waals surface area contributed by atoms with E-state index in [1.807, 2.05) is 0 Å². The van der Waals surface area contributed by atoms with Crippen LogP contribution in [0.15, 0.2) is 16.8 Å². The van der Waals surface area contributed by atoms with Crippen molar-refractivity contribution in [1.29, 1.82) is 0 Å². The molecule has 0 spiro atoms. The predicted molar refractivity (Wildman–Crippen MR) is 74.4 cm³/mol. The van der Waals surface area contributed by atoms with Gasteiger partial charge in [0, 0.05) is 25.7 Å². The van der Waals surface area contributed by atoms with Crippen LogP contribution in [-0.4, -0.2) is 49.6 Å². The molecule has 96 valence electrons. The van der Waals surface area contributed by atoms with Crippen LogP contribution < -0.4 is 5.73 Å². The highest BCUT2D eigenvalue weighted by Crippen LogP contribution is 2.20. The molecule has 0 bridgehead atoms. The molecule has 1 aromatic heterocycles. The quantitative estimate of drug-likeness (QED) is 0.839. The van der Waals surface area contributed by atoms with Crippen LogP contribution >= 0.6 is 11.3 Å². The van der Waals surface area contributed by atoms with Crippen molar-refractivity contribution in [2.24, 2.45) is 5.73 Å². The van der Waals surface area contributed by atoms with Crippen LogP contribution in [0.3, 0.4) is 0 Å². The van der Waals surface area contributed by atoms with Crippen LogP contribution in [0.4, 0.5) is 0 Å². The molecule has 2 N–H and O–H groups in total. The van der Waals surface area contributed by atoms with Gasteiger partial charge in [-0.25, -0.2) is 0 Å². The second-order valence-electron chi connectivity index (χ2n) is 4.84. The van der Waals surface area contributed by atoms with Crippen LogP contribution in [0.5, 0.6) is 0 Å². The molecule has 0 aromatic carbocycles. The van der Waals surface area contributed by atoms with Gasteiger partial charge in [-0.2, -0.15) is 11.3 Å². The first-order valence-corrected chi connectivity index (χ1v) is 7.40. The van der Waals surface area contributed by atoms with E-state index in [4.69, 9.17) is 5.73 Å². The molecule has 4 heteroatoms. The zero-order valence-corrected chi connectivity index (χ0v) is 11.5. The van der Waals surface area contributed by atoms with E-state index < -0.39 is 0 Å². The Morgan fingerprint density at radius 3 is 2.82 bits per heavy atom. The number of nitrogens with zero attached hydrogens (tertiary/aromatic N) is 2. The summed E-state index contributed by atoms with van der Waals surface area (Å²) in [6.45, 7) is 5.54. The third-order valence-corrected chi connectivity index (χ3v) is 4.35. The Kier molecular flexibility index (Phi) is 4.98. The highest BCUT2D eigenvalue weighted by Gasteiger charge is 2.17. The molecule has 0 saturated carbocycles. The highest BCUT2D eigenvalue weighted by molar-refractivity contribution is 7.07. The molecule has 3 nitrogen and oxygen atoms in total. The monoisotopic (exact) mass is 253 g/mol. The van der Waals surface area contributed by atoms with Gasteiger partial charge in [-0.3, -0.25) is 4.90 Å². The predicted octanol–water partition coefficient (Wildman–Crippen LogP) is 1.78. The van der Waals surface area contributed by atoms with Gasteiger partial charge < -0.3 is 10.6 Å². The number of thiophene rings is 1. The molecule has 1 atom stereocenters. The van der Waals surface area contributed by atoms with Crippen LogP contribution in [0.25, 0.3) is 0 Å². The van der Waals surface area contributed by atoms with Crippen LogP contribution in [-0.2, 0) is 0 Å². The lowest BCUT2D eigenvalue weighted by molar-refractivity contribution is 0.210. The van der Waals surface area contributed by atoms with Crippen molar-refractivity contribution in [3.8, 4) is 0 Å². The molecule has 0 aliphatic carbocycles. The molecule has 0 amide bonds. The lowest BCUT2D eigenvalue weighted by Gasteiger charge is -2.28. The topological polar surface area (TPSA) is 32.5 Å². The Balaban J connectivity index is 1.82. The summed E-state index contributed by atoms with van der Waals surface area (Å²) in [6, 6.07) is 2.57. The van der Waals surface area contributed by atoms with E-state index in [2.05, 4.69) is 33.7 Å². The maximum absolute atomic E-state index is 5.90. The van der Waals surface area contributed by atoms with E-state index >= 15 is 0 Å². The summed E-state index contributed by atoms with van der Waals surface area (Å²) in [5.41, 5.74) is 7.26. The van der Waals surface area contributed by atoms with E-state index in [9.17, 15) is 0 Å². The number of hydrogen-bond donors (Lipinski definition) is 1. The van der Waals surface area contributed by atoms with E-state index in [1.54, 1.807) is 11.3 Å². The van der Waals surface area contributed by atoms with E-state index in [0.717, 1.165) is 6.54 Å². The summed E-state index contributed by atoms with van der Waals surface area (Å²) in [6.07, 6.45) is 2.74. The zero-order chi connectivity index (χ0) is 12.1. The van der Waals surface area contributed by atoms with E-state index in [0.29, 0.717) is 12.6 Å². The molecule has 0 radical (unpaired) electrons. The molecular formula is C13H23N3S. The molecule has 1 unspecified atom stereocenters. The lowest BCUT2D eigenvalue weighted by Crippen LogP contribution is -2.36. The number of likely N-dealkylation sites (N-methyl/N-ethyl adjacent to an activating group) is 1. The van der Waals surface area contributed by atoms with Crippen LogP contribution in [0, 0.1) is 0 Å². The minimum absolute atomic E-state index is 0.379. The normalized spacial score (nSPS) is 19.0. The molecular weight excluding hydrogens is 230 g/mol. The zero-order valence-electron chi connectivity index (χ0n) is 10.6. The Morgan fingerprint density at radius 1 is 1.47 bits per heavy atom. The maximum Gasteiger partial charge on any atom is 0.0476 e. The summed E-state index contributed by atoms with van der Waals surface area (Å²) in [4.78, 5) is 4.94. The number of nitrogens with two attached hydrogens (primary N) is 1. The van der Waals surface area contributed by atoms with Crippen LogP contribution in [0.1, 0.15) is 24.4 Å². The van der Waals surface area contributed by atoms with Crippen molar-refractivity contribution in [2.75, 3.05) is 39.8 Å². The van der Waals surface area contributed by atoms with Gasteiger partial charge in [-0.05, 0) is 55.4 Å². The number of likely N-dealkylation sites (tertiary alicyclic amines) is 1. The van der Waals surface area contributed by atoms with Gasteiger partial charge in [-0.15, -0.1) is 0 Å². The fourth-order valence-corrected chi connectivity index (χ4v) is 3.20. The summed E-state index contributed by atoms with van der Waals surface area (Å²) < 4.78 is 0. The third-order valence-electron chi connectivity index (χ3n) is 3.65. The first-order chi connectivity index (χ1) is 8.31. The molecule has 2 heterocycles. The van der Waals surface area contributed by atoms with Crippen molar-refractivity contribution < 1.29 is 0 Å². The highest BCUT2D eigenvalue weighted by atomic mass is 32.1. The van der Waals surface area contributed by atoms with Crippen molar-refractivity contribution in [2.45, 2.75) is 18.9 Å². The number of rotatable bonds is 6. The summed E-state index contributed by atoms with van der Waals surface area (Å²) >= 11 is 1.75. The second kappa shape index (κ2) is 6.50. The van der Waals surface area contributed by atoms with Gasteiger partial charge in [-0.1, -0.05) is 0 Å². The molecule has 1 aliphatic heterocycles. The van der Waals surface area contributed by atoms with Crippen molar-refractivity contribution in [1.82, 2.24) is 9.80 Å². The average molecular weight is 253 g/mol. The van der Waals surface area contributed by atoms with E-state index in [1.165, 1.54) is 38.0 Å². The molecule has 1 aliphatic rings. The van der Waals surface area contributed by atoms with E-state index in [-0.39, 0.29) is 0 Å². The Labute approximate surface area is 108 Å². The van der Waals surface area contributed by atoms with Gasteiger partial charge in [0.05, 0.1) is 0 Å². The summed E-state index contributed by atoms with van der Waals surface area (Å²) in [5, 5.41) is 4.34. The Bertz CT molecular complexity index is 306. The van der Waals surface area contributed by atoms with Gasteiger partial charge in [0.2, 0.25) is 0 Å². The maximum atomic E-state index is 5.90. The molecule has 17 heavy (non-hydrogen) atoms. The van der Waals surface area contributed by atoms with Gasteiger partial charge in [0.25, 0.3) is 0 Å². The molecule has 2 rings (SSSR count). The summed E-state index contributed by atoms with van der Waals surface area (Å²) in [7, 11) is 2.19. The van der Waals surface area contributed by atoms with Crippen molar-refractivity contribution >= 4 is 11.3 Å². The fraction of sp³-hybridized carbons (Fsp3) is 0.692. The molecule has 1 fully saturated rings. The van der Waals surface area contributed by atoms with Crippen LogP contribution in [0.2, 0.25) is 0 Å². The smallest absolute Gasteiger partial charge is 0.0476 e. The third kappa shape index (κ3) is 3.52. The van der Waals surface area contributed by atoms with Crippen molar-refractivity contribution in [3.63, 3.8) is 0 Å². The standard InChI is InChI=1S/C13H23N3S/c1-15(7-8-16-5-2-3-6-16)13(10-14)12-4-9-17-11-12/h4,9,11,13H,2-3,5-8,10,14H2,1H3.